The van der Waals surface area contributed by atoms with Crippen molar-refractivity contribution in [1.29, 1.82) is 0 Å². The van der Waals surface area contributed by atoms with Gasteiger partial charge < -0.3 is 0 Å². The van der Waals surface area contributed by atoms with Crippen LogP contribution in [0.4, 0.5) is 8.78 Å². The summed E-state index contributed by atoms with van der Waals surface area (Å²) in [6.07, 6.45) is 8.08. The Morgan fingerprint density at radius 3 is 2.06 bits per heavy atom. The molecule has 0 aliphatic carbocycles. The summed E-state index contributed by atoms with van der Waals surface area (Å²) < 4.78 is 26.0. The maximum absolute atomic E-state index is 13.2. The fourth-order valence-electron chi connectivity index (χ4n) is 2.33. The van der Waals surface area contributed by atoms with E-state index in [0.717, 1.165) is 12.0 Å². The lowest BCUT2D eigenvalue weighted by Gasteiger charge is -2.16. The maximum atomic E-state index is 13.2. The Balaban J connectivity index is 2.59. The van der Waals surface area contributed by atoms with Crippen molar-refractivity contribution in [3.8, 4) is 0 Å². The summed E-state index contributed by atoms with van der Waals surface area (Å²) in [5, 5.41) is 0. The Morgan fingerprint density at radius 1 is 0.944 bits per heavy atom. The standard InChI is InChI=1S/C16H24F2/c1-3-5-7-13(8-6-4-2)11-14-9-10-15(17)16(18)12-14/h9-10,12-13H,3-8,11H2,1-2H3. The minimum Gasteiger partial charge on any atom is -0.204 e. The van der Waals surface area contributed by atoms with Gasteiger partial charge in [0.15, 0.2) is 11.6 Å². The van der Waals surface area contributed by atoms with Crippen LogP contribution in [0.5, 0.6) is 0 Å². The molecule has 1 aromatic carbocycles. The van der Waals surface area contributed by atoms with Crippen LogP contribution in [0.2, 0.25) is 0 Å². The van der Waals surface area contributed by atoms with Crippen LogP contribution in [0.15, 0.2) is 18.2 Å². The molecule has 0 amide bonds. The molecule has 1 rings (SSSR count). The molecular formula is C16H24F2. The second kappa shape index (κ2) is 8.23. The number of rotatable bonds is 8. The minimum atomic E-state index is -0.752. The highest BCUT2D eigenvalue weighted by molar-refractivity contribution is 5.18. The molecule has 0 aromatic heterocycles. The van der Waals surface area contributed by atoms with Crippen LogP contribution in [0, 0.1) is 17.6 Å². The summed E-state index contributed by atoms with van der Waals surface area (Å²) in [5.74, 6) is -0.871. The van der Waals surface area contributed by atoms with Crippen molar-refractivity contribution >= 4 is 0 Å². The highest BCUT2D eigenvalue weighted by Crippen LogP contribution is 2.22. The zero-order valence-electron chi connectivity index (χ0n) is 11.5. The quantitative estimate of drug-likeness (QED) is 0.574. The Hall–Kier alpha value is -0.920. The first kappa shape index (κ1) is 15.1. The molecule has 1 aromatic rings. The molecule has 0 aliphatic rings. The predicted octanol–water partition coefficient (Wildman–Crippen LogP) is 5.50. The predicted molar refractivity (Wildman–Crippen MR) is 72.6 cm³/mol. The Kier molecular flexibility index (Phi) is 6.92. The summed E-state index contributed by atoms with van der Waals surface area (Å²) in [7, 11) is 0. The van der Waals surface area contributed by atoms with E-state index in [2.05, 4.69) is 13.8 Å². The molecule has 0 atom stereocenters. The van der Waals surface area contributed by atoms with E-state index in [-0.39, 0.29) is 0 Å². The summed E-state index contributed by atoms with van der Waals surface area (Å²) in [5.41, 5.74) is 0.922. The highest BCUT2D eigenvalue weighted by Gasteiger charge is 2.10. The molecular weight excluding hydrogens is 230 g/mol. The summed E-state index contributed by atoms with van der Waals surface area (Å²) in [4.78, 5) is 0. The topological polar surface area (TPSA) is 0 Å². The van der Waals surface area contributed by atoms with Crippen molar-refractivity contribution in [2.24, 2.45) is 5.92 Å². The third-order valence-electron chi connectivity index (χ3n) is 3.44. The van der Waals surface area contributed by atoms with Crippen LogP contribution in [0.1, 0.15) is 57.9 Å². The average molecular weight is 254 g/mol. The van der Waals surface area contributed by atoms with Gasteiger partial charge in [-0.3, -0.25) is 0 Å². The van der Waals surface area contributed by atoms with Gasteiger partial charge in [0.1, 0.15) is 0 Å². The molecule has 0 bridgehead atoms. The van der Waals surface area contributed by atoms with Gasteiger partial charge in [-0.25, -0.2) is 8.78 Å². The molecule has 0 nitrogen and oxygen atoms in total. The second-order valence-corrected chi connectivity index (χ2v) is 5.10. The normalized spacial score (nSPS) is 11.2. The number of hydrogen-bond donors (Lipinski definition) is 0. The molecule has 102 valence electrons. The molecule has 0 aliphatic heterocycles. The van der Waals surface area contributed by atoms with Crippen LogP contribution in [-0.2, 0) is 6.42 Å². The van der Waals surface area contributed by atoms with E-state index in [1.54, 1.807) is 6.07 Å². The first-order valence-corrected chi connectivity index (χ1v) is 7.11. The largest absolute Gasteiger partial charge is 0.204 e. The second-order valence-electron chi connectivity index (χ2n) is 5.10. The zero-order chi connectivity index (χ0) is 13.4. The van der Waals surface area contributed by atoms with E-state index >= 15 is 0 Å². The molecule has 0 unspecified atom stereocenters. The summed E-state index contributed by atoms with van der Waals surface area (Å²) >= 11 is 0. The van der Waals surface area contributed by atoms with Crippen molar-refractivity contribution in [2.75, 3.05) is 0 Å². The highest BCUT2D eigenvalue weighted by atomic mass is 19.2. The van der Waals surface area contributed by atoms with Crippen molar-refractivity contribution in [2.45, 2.75) is 58.8 Å². The van der Waals surface area contributed by atoms with Crippen molar-refractivity contribution in [3.05, 3.63) is 35.4 Å². The van der Waals surface area contributed by atoms with Crippen LogP contribution in [-0.4, -0.2) is 0 Å². The molecule has 0 N–H and O–H groups in total. The van der Waals surface area contributed by atoms with Gasteiger partial charge in [0, 0.05) is 0 Å². The number of unbranched alkanes of at least 4 members (excludes halogenated alkanes) is 2. The van der Waals surface area contributed by atoms with Crippen LogP contribution >= 0.6 is 0 Å². The van der Waals surface area contributed by atoms with Crippen molar-refractivity contribution < 1.29 is 8.78 Å². The van der Waals surface area contributed by atoms with E-state index in [9.17, 15) is 8.78 Å². The first-order valence-electron chi connectivity index (χ1n) is 7.11. The number of hydrogen-bond acceptors (Lipinski definition) is 0. The molecule has 0 saturated carbocycles. The van der Waals surface area contributed by atoms with Crippen molar-refractivity contribution in [1.82, 2.24) is 0 Å². The maximum Gasteiger partial charge on any atom is 0.159 e. The van der Waals surface area contributed by atoms with E-state index in [1.165, 1.54) is 50.7 Å². The van der Waals surface area contributed by atoms with Crippen LogP contribution < -0.4 is 0 Å². The van der Waals surface area contributed by atoms with E-state index < -0.39 is 11.6 Å². The Labute approximate surface area is 109 Å². The lowest BCUT2D eigenvalue weighted by molar-refractivity contribution is 0.415. The molecule has 0 heterocycles. The van der Waals surface area contributed by atoms with E-state index in [4.69, 9.17) is 0 Å². The third kappa shape index (κ3) is 5.16. The molecule has 0 radical (unpaired) electrons. The summed E-state index contributed by atoms with van der Waals surface area (Å²) in [6, 6.07) is 4.30. The van der Waals surface area contributed by atoms with Crippen LogP contribution in [0.25, 0.3) is 0 Å². The lowest BCUT2D eigenvalue weighted by Crippen LogP contribution is -2.05. The van der Waals surface area contributed by atoms with Crippen LogP contribution in [0.3, 0.4) is 0 Å². The van der Waals surface area contributed by atoms with Gasteiger partial charge in [-0.2, -0.15) is 0 Å². The van der Waals surface area contributed by atoms with Gasteiger partial charge in [0.05, 0.1) is 0 Å². The smallest absolute Gasteiger partial charge is 0.159 e. The van der Waals surface area contributed by atoms with Crippen molar-refractivity contribution in [3.63, 3.8) is 0 Å². The number of benzene rings is 1. The fraction of sp³-hybridized carbons (Fsp3) is 0.625. The zero-order valence-corrected chi connectivity index (χ0v) is 11.5. The molecule has 2 heteroatoms. The molecule has 0 saturated heterocycles. The lowest BCUT2D eigenvalue weighted by atomic mass is 9.90. The molecule has 18 heavy (non-hydrogen) atoms. The Bertz CT molecular complexity index is 339. The van der Waals surface area contributed by atoms with E-state index in [0.29, 0.717) is 5.92 Å². The fourth-order valence-corrected chi connectivity index (χ4v) is 2.33. The third-order valence-corrected chi connectivity index (χ3v) is 3.44. The monoisotopic (exact) mass is 254 g/mol. The molecule has 0 fully saturated rings. The Morgan fingerprint density at radius 2 is 1.56 bits per heavy atom. The average Bonchev–Trinajstić information content (AvgIpc) is 2.37. The summed E-state index contributed by atoms with van der Waals surface area (Å²) in [6.45, 7) is 4.38. The SMILES string of the molecule is CCCCC(CCCC)Cc1ccc(F)c(F)c1. The molecule has 0 spiro atoms. The van der Waals surface area contributed by atoms with E-state index in [1.807, 2.05) is 0 Å². The number of halogens is 2. The van der Waals surface area contributed by atoms with Gasteiger partial charge in [-0.1, -0.05) is 58.4 Å². The van der Waals surface area contributed by atoms with Gasteiger partial charge in [0.2, 0.25) is 0 Å². The first-order chi connectivity index (χ1) is 8.67. The van der Waals surface area contributed by atoms with Gasteiger partial charge in [-0.05, 0) is 30.0 Å². The minimum absolute atomic E-state index is 0.606. The van der Waals surface area contributed by atoms with Gasteiger partial charge in [-0.15, -0.1) is 0 Å². The van der Waals surface area contributed by atoms with Gasteiger partial charge >= 0.3 is 0 Å². The van der Waals surface area contributed by atoms with Gasteiger partial charge in [0.25, 0.3) is 0 Å².